The number of nitrogens with one attached hydrogen (secondary N) is 2. The predicted molar refractivity (Wildman–Crippen MR) is 95.1 cm³/mol. The summed E-state index contributed by atoms with van der Waals surface area (Å²) in [6.07, 6.45) is 0.293. The van der Waals surface area contributed by atoms with Crippen molar-refractivity contribution in [3.63, 3.8) is 0 Å². The van der Waals surface area contributed by atoms with Gasteiger partial charge in [-0.05, 0) is 24.6 Å². The fraction of sp³-hybridized carbons (Fsp3) is 0.316. The Morgan fingerprint density at radius 3 is 2.46 bits per heavy atom. The fourth-order valence-electron chi connectivity index (χ4n) is 2.57. The zero-order valence-electron chi connectivity index (χ0n) is 14.0. The first-order valence-corrected chi connectivity index (χ1v) is 7.98. The highest BCUT2D eigenvalue weighted by Crippen LogP contribution is 2.23. The van der Waals surface area contributed by atoms with Crippen molar-refractivity contribution in [1.82, 2.24) is 5.32 Å². The lowest BCUT2D eigenvalue weighted by molar-refractivity contribution is -0.116. The lowest BCUT2D eigenvalue weighted by atomic mass is 10.1. The number of aliphatic hydroxyl groups is 1. The second-order valence-electron chi connectivity index (χ2n) is 5.67. The van der Waals surface area contributed by atoms with E-state index in [0.29, 0.717) is 17.9 Å². The normalized spacial score (nSPS) is 13.1. The molecule has 0 aliphatic carbocycles. The van der Waals surface area contributed by atoms with E-state index in [0.717, 1.165) is 5.56 Å². The molecule has 0 fully saturated rings. The minimum Gasteiger partial charge on any atom is -0.495 e. The first kappa shape index (κ1) is 18.0. The lowest BCUT2D eigenvalue weighted by Gasteiger charge is -2.22. The smallest absolute Gasteiger partial charge is 0.226 e. The number of methoxy groups -OCH3 is 1. The second kappa shape index (κ2) is 9.05. The molecule has 0 aliphatic rings. The molecule has 0 unspecified atom stereocenters. The van der Waals surface area contributed by atoms with Gasteiger partial charge < -0.3 is 20.5 Å². The van der Waals surface area contributed by atoms with Crippen molar-refractivity contribution in [2.75, 3.05) is 19.0 Å². The summed E-state index contributed by atoms with van der Waals surface area (Å²) in [5.41, 5.74) is 1.65. The molecule has 0 aromatic heterocycles. The van der Waals surface area contributed by atoms with Crippen LogP contribution in [-0.4, -0.2) is 30.8 Å². The summed E-state index contributed by atoms with van der Waals surface area (Å²) in [4.78, 5) is 12.2. The Labute approximate surface area is 142 Å². The van der Waals surface area contributed by atoms with Gasteiger partial charge in [-0.1, -0.05) is 42.5 Å². The van der Waals surface area contributed by atoms with E-state index >= 15 is 0 Å². The number of rotatable bonds is 8. The molecule has 2 rings (SSSR count). The van der Waals surface area contributed by atoms with E-state index in [4.69, 9.17) is 4.74 Å². The molecule has 2 atom stereocenters. The molecule has 1 amide bonds. The molecule has 2 aromatic carbocycles. The van der Waals surface area contributed by atoms with Crippen molar-refractivity contribution < 1.29 is 14.6 Å². The fourth-order valence-corrected chi connectivity index (χ4v) is 2.57. The molecule has 128 valence electrons. The van der Waals surface area contributed by atoms with E-state index < -0.39 is 0 Å². The van der Waals surface area contributed by atoms with Gasteiger partial charge in [-0.15, -0.1) is 0 Å². The molecule has 0 radical (unpaired) electrons. The molecular weight excluding hydrogens is 304 g/mol. The van der Waals surface area contributed by atoms with Crippen LogP contribution in [0.1, 0.15) is 24.9 Å². The molecule has 5 nitrogen and oxygen atoms in total. The van der Waals surface area contributed by atoms with E-state index in [-0.39, 0.29) is 24.6 Å². The molecule has 24 heavy (non-hydrogen) atoms. The van der Waals surface area contributed by atoms with Crippen LogP contribution in [0.4, 0.5) is 5.69 Å². The summed E-state index contributed by atoms with van der Waals surface area (Å²) in [5.74, 6) is 0.522. The van der Waals surface area contributed by atoms with Gasteiger partial charge >= 0.3 is 0 Å². The van der Waals surface area contributed by atoms with Gasteiger partial charge in [-0.3, -0.25) is 4.79 Å². The van der Waals surface area contributed by atoms with Gasteiger partial charge in [0.2, 0.25) is 5.91 Å². The Morgan fingerprint density at radius 2 is 1.79 bits per heavy atom. The topological polar surface area (TPSA) is 70.6 Å². The highest BCUT2D eigenvalue weighted by molar-refractivity contribution is 5.92. The molecule has 2 aromatic rings. The Balaban J connectivity index is 1.91. The van der Waals surface area contributed by atoms with Crippen molar-refractivity contribution in [1.29, 1.82) is 0 Å². The Bertz CT molecular complexity index is 646. The number of carbonyl (C=O) groups is 1. The highest BCUT2D eigenvalue weighted by Gasteiger charge is 2.16. The van der Waals surface area contributed by atoms with Gasteiger partial charge in [0, 0.05) is 12.5 Å². The number of carbonyl (C=O) groups excluding carboxylic acids is 1. The Hall–Kier alpha value is -2.37. The monoisotopic (exact) mass is 328 g/mol. The van der Waals surface area contributed by atoms with Gasteiger partial charge in [0.15, 0.2) is 0 Å². The maximum absolute atomic E-state index is 12.2. The van der Waals surface area contributed by atoms with Crippen LogP contribution >= 0.6 is 0 Å². The maximum Gasteiger partial charge on any atom is 0.226 e. The van der Waals surface area contributed by atoms with Crippen molar-refractivity contribution in [3.8, 4) is 5.75 Å². The minimum atomic E-state index is -0.194. The highest BCUT2D eigenvalue weighted by atomic mass is 16.5. The van der Waals surface area contributed by atoms with E-state index in [1.807, 2.05) is 49.4 Å². The van der Waals surface area contributed by atoms with E-state index in [9.17, 15) is 9.90 Å². The van der Waals surface area contributed by atoms with Crippen LogP contribution < -0.4 is 15.4 Å². The number of amides is 1. The molecule has 0 heterocycles. The molecule has 0 saturated heterocycles. The van der Waals surface area contributed by atoms with Gasteiger partial charge in [0.1, 0.15) is 5.75 Å². The number of hydrogen-bond acceptors (Lipinski definition) is 4. The van der Waals surface area contributed by atoms with E-state index in [1.165, 1.54) is 0 Å². The number of hydrogen-bond donors (Lipinski definition) is 3. The first-order valence-electron chi connectivity index (χ1n) is 7.98. The number of benzene rings is 2. The molecule has 0 saturated carbocycles. The quantitative estimate of drug-likeness (QED) is 0.697. The SMILES string of the molecule is COc1ccccc1NC(=O)C[C@@H](C)N[C@H](CO)c1ccccc1. The van der Waals surface area contributed by atoms with Crippen LogP contribution in [0.15, 0.2) is 54.6 Å². The summed E-state index contributed by atoms with van der Waals surface area (Å²) in [6, 6.07) is 16.7. The first-order chi connectivity index (χ1) is 11.6. The van der Waals surface area contributed by atoms with Crippen molar-refractivity contribution >= 4 is 11.6 Å². The summed E-state index contributed by atoms with van der Waals surface area (Å²) in [6.45, 7) is 1.90. The number of para-hydroxylation sites is 2. The molecule has 5 heteroatoms. The van der Waals surface area contributed by atoms with Crippen LogP contribution in [-0.2, 0) is 4.79 Å². The van der Waals surface area contributed by atoms with E-state index in [1.54, 1.807) is 19.2 Å². The van der Waals surface area contributed by atoms with Crippen LogP contribution in [0.3, 0.4) is 0 Å². The number of ether oxygens (including phenoxy) is 1. The van der Waals surface area contributed by atoms with Crippen molar-refractivity contribution in [2.24, 2.45) is 0 Å². The third-order valence-electron chi connectivity index (χ3n) is 3.74. The molecule has 3 N–H and O–H groups in total. The summed E-state index contributed by atoms with van der Waals surface area (Å²) >= 11 is 0. The van der Waals surface area contributed by atoms with Gasteiger partial charge in [0.25, 0.3) is 0 Å². The van der Waals surface area contributed by atoms with Gasteiger partial charge in [-0.25, -0.2) is 0 Å². The van der Waals surface area contributed by atoms with Crippen molar-refractivity contribution in [3.05, 3.63) is 60.2 Å². The molecule has 0 spiro atoms. The van der Waals surface area contributed by atoms with Crippen molar-refractivity contribution in [2.45, 2.75) is 25.4 Å². The van der Waals surface area contributed by atoms with E-state index in [2.05, 4.69) is 10.6 Å². The Kier molecular flexibility index (Phi) is 6.78. The summed E-state index contributed by atoms with van der Waals surface area (Å²) in [5, 5.41) is 15.7. The second-order valence-corrected chi connectivity index (χ2v) is 5.67. The predicted octanol–water partition coefficient (Wildman–Crippen LogP) is 2.74. The molecule has 0 aliphatic heterocycles. The van der Waals surface area contributed by atoms with Gasteiger partial charge in [-0.2, -0.15) is 0 Å². The van der Waals surface area contributed by atoms with Crippen LogP contribution in [0, 0.1) is 0 Å². The summed E-state index contributed by atoms with van der Waals surface area (Å²) in [7, 11) is 1.57. The van der Waals surface area contributed by atoms with Crippen LogP contribution in [0.2, 0.25) is 0 Å². The average molecular weight is 328 g/mol. The van der Waals surface area contributed by atoms with Gasteiger partial charge in [0.05, 0.1) is 25.4 Å². The zero-order valence-corrected chi connectivity index (χ0v) is 14.0. The molecular formula is C19H24N2O3. The number of aliphatic hydroxyl groups excluding tert-OH is 1. The number of anilines is 1. The minimum absolute atomic E-state index is 0.0253. The Morgan fingerprint density at radius 1 is 1.12 bits per heavy atom. The third kappa shape index (κ3) is 5.08. The lowest BCUT2D eigenvalue weighted by Crippen LogP contribution is -2.35. The van der Waals surface area contributed by atoms with Crippen LogP contribution in [0.25, 0.3) is 0 Å². The summed E-state index contributed by atoms with van der Waals surface area (Å²) < 4.78 is 5.23. The van der Waals surface area contributed by atoms with Crippen LogP contribution in [0.5, 0.6) is 5.75 Å². The average Bonchev–Trinajstić information content (AvgIpc) is 2.60. The largest absolute Gasteiger partial charge is 0.495 e. The standard InChI is InChI=1S/C19H24N2O3/c1-14(20-17(13-22)15-8-4-3-5-9-15)12-19(23)21-16-10-6-7-11-18(16)24-2/h3-11,14,17,20,22H,12-13H2,1-2H3,(H,21,23)/t14-,17-/m1/s1. The maximum atomic E-state index is 12.2. The zero-order chi connectivity index (χ0) is 17.4. The third-order valence-corrected chi connectivity index (χ3v) is 3.74. The molecule has 0 bridgehead atoms.